The highest BCUT2D eigenvalue weighted by molar-refractivity contribution is 5.75. The van der Waals surface area contributed by atoms with Crippen LogP contribution in [-0.4, -0.2) is 24.4 Å². The molecular formula is C15H21NO4. The molecule has 5 heteroatoms. The summed E-state index contributed by atoms with van der Waals surface area (Å²) in [6.45, 7) is 4.68. The summed E-state index contributed by atoms with van der Waals surface area (Å²) in [5.41, 5.74) is 0.771. The highest BCUT2D eigenvalue weighted by Gasteiger charge is 2.16. The Balaban J connectivity index is 1.80. The molecule has 1 aromatic carbocycles. The fourth-order valence-corrected chi connectivity index (χ4v) is 2.08. The zero-order valence-electron chi connectivity index (χ0n) is 11.9. The van der Waals surface area contributed by atoms with E-state index in [1.165, 1.54) is 0 Å². The number of rotatable bonds is 6. The molecule has 0 fully saturated rings. The fourth-order valence-electron chi connectivity index (χ4n) is 2.08. The van der Waals surface area contributed by atoms with Crippen LogP contribution in [0.3, 0.4) is 0 Å². The predicted octanol–water partition coefficient (Wildman–Crippen LogP) is 2.00. The highest BCUT2D eigenvalue weighted by Crippen LogP contribution is 2.34. The number of aliphatic hydroxyl groups excluding tert-OH is 1. The molecule has 0 saturated carbocycles. The van der Waals surface area contributed by atoms with Gasteiger partial charge in [0.25, 0.3) is 0 Å². The van der Waals surface area contributed by atoms with E-state index < -0.39 is 6.10 Å². The van der Waals surface area contributed by atoms with Gasteiger partial charge in [-0.05, 0) is 30.0 Å². The summed E-state index contributed by atoms with van der Waals surface area (Å²) in [7, 11) is 0. The van der Waals surface area contributed by atoms with E-state index in [1.54, 1.807) is 12.1 Å². The quantitative estimate of drug-likeness (QED) is 0.835. The van der Waals surface area contributed by atoms with Crippen LogP contribution in [0.1, 0.15) is 38.4 Å². The summed E-state index contributed by atoms with van der Waals surface area (Å²) in [6.07, 6.45) is 0.368. The van der Waals surface area contributed by atoms with Gasteiger partial charge in [0.1, 0.15) is 0 Å². The van der Waals surface area contributed by atoms with Crippen LogP contribution < -0.4 is 14.8 Å². The molecule has 0 aliphatic carbocycles. The average Bonchev–Trinajstić information content (AvgIpc) is 2.84. The molecule has 0 radical (unpaired) electrons. The number of benzene rings is 1. The van der Waals surface area contributed by atoms with Crippen LogP contribution in [0.25, 0.3) is 0 Å². The Hall–Kier alpha value is -1.75. The number of fused-ring (bicyclic) bond motifs is 1. The lowest BCUT2D eigenvalue weighted by Gasteiger charge is -2.13. The minimum atomic E-state index is -0.621. The van der Waals surface area contributed by atoms with E-state index in [0.717, 1.165) is 5.56 Å². The largest absolute Gasteiger partial charge is 0.454 e. The van der Waals surface area contributed by atoms with Crippen molar-refractivity contribution in [3.63, 3.8) is 0 Å². The van der Waals surface area contributed by atoms with Crippen molar-refractivity contribution in [3.05, 3.63) is 23.8 Å². The van der Waals surface area contributed by atoms with Crippen molar-refractivity contribution in [1.29, 1.82) is 0 Å². The Labute approximate surface area is 118 Å². The fraction of sp³-hybridized carbons (Fsp3) is 0.533. The monoisotopic (exact) mass is 279 g/mol. The maximum absolute atomic E-state index is 11.5. The lowest BCUT2D eigenvalue weighted by atomic mass is 10.1. The molecule has 0 saturated heterocycles. The number of amides is 1. The summed E-state index contributed by atoms with van der Waals surface area (Å²) < 4.78 is 10.5. The molecule has 110 valence electrons. The third-order valence-corrected chi connectivity index (χ3v) is 3.11. The van der Waals surface area contributed by atoms with Crippen LogP contribution >= 0.6 is 0 Å². The summed E-state index contributed by atoms with van der Waals surface area (Å²) in [5.74, 6) is 1.73. The molecule has 20 heavy (non-hydrogen) atoms. The number of hydrogen-bond donors (Lipinski definition) is 2. The summed E-state index contributed by atoms with van der Waals surface area (Å²) in [4.78, 5) is 11.5. The van der Waals surface area contributed by atoms with Crippen molar-refractivity contribution < 1.29 is 19.4 Å². The molecule has 0 spiro atoms. The van der Waals surface area contributed by atoms with Crippen LogP contribution in [0.4, 0.5) is 0 Å². The first kappa shape index (κ1) is 14.7. The Morgan fingerprint density at radius 2 is 2.10 bits per heavy atom. The third kappa shape index (κ3) is 3.87. The molecule has 1 aromatic rings. The van der Waals surface area contributed by atoms with Gasteiger partial charge in [-0.3, -0.25) is 4.79 Å². The van der Waals surface area contributed by atoms with E-state index in [4.69, 9.17) is 9.47 Å². The zero-order valence-corrected chi connectivity index (χ0v) is 11.9. The molecule has 1 amide bonds. The van der Waals surface area contributed by atoms with Crippen molar-refractivity contribution in [2.45, 2.75) is 32.8 Å². The number of hydrogen-bond acceptors (Lipinski definition) is 4. The molecule has 0 aromatic heterocycles. The second-order valence-corrected chi connectivity index (χ2v) is 5.37. The lowest BCUT2D eigenvalue weighted by molar-refractivity contribution is -0.121. The van der Waals surface area contributed by atoms with Crippen LogP contribution in [-0.2, 0) is 4.79 Å². The first-order valence-corrected chi connectivity index (χ1v) is 6.90. The summed E-state index contributed by atoms with van der Waals surface area (Å²) in [6, 6.07) is 5.38. The number of carbonyl (C=O) groups excluding carboxylic acids is 1. The van der Waals surface area contributed by atoms with Crippen molar-refractivity contribution in [1.82, 2.24) is 5.32 Å². The summed E-state index contributed by atoms with van der Waals surface area (Å²) in [5, 5.41) is 12.9. The van der Waals surface area contributed by atoms with Crippen molar-refractivity contribution in [2.24, 2.45) is 5.92 Å². The van der Waals surface area contributed by atoms with Gasteiger partial charge in [0.2, 0.25) is 12.7 Å². The topological polar surface area (TPSA) is 67.8 Å². The molecule has 1 heterocycles. The third-order valence-electron chi connectivity index (χ3n) is 3.11. The van der Waals surface area contributed by atoms with Gasteiger partial charge in [-0.2, -0.15) is 0 Å². The minimum absolute atomic E-state index is 0.0258. The van der Waals surface area contributed by atoms with E-state index in [2.05, 4.69) is 5.32 Å². The van der Waals surface area contributed by atoms with Gasteiger partial charge >= 0.3 is 0 Å². The molecule has 1 atom stereocenters. The Bertz CT molecular complexity index is 473. The van der Waals surface area contributed by atoms with E-state index in [1.807, 2.05) is 19.9 Å². The Morgan fingerprint density at radius 1 is 1.35 bits per heavy atom. The van der Waals surface area contributed by atoms with E-state index in [9.17, 15) is 9.90 Å². The zero-order chi connectivity index (χ0) is 14.5. The van der Waals surface area contributed by atoms with Crippen LogP contribution in [0.5, 0.6) is 11.5 Å². The van der Waals surface area contributed by atoms with Gasteiger partial charge in [0, 0.05) is 13.0 Å². The highest BCUT2D eigenvalue weighted by atomic mass is 16.7. The summed E-state index contributed by atoms with van der Waals surface area (Å²) >= 11 is 0. The van der Waals surface area contributed by atoms with Gasteiger partial charge in [-0.15, -0.1) is 0 Å². The molecule has 1 aliphatic rings. The van der Waals surface area contributed by atoms with Crippen molar-refractivity contribution in [2.75, 3.05) is 13.3 Å². The second-order valence-electron chi connectivity index (χ2n) is 5.37. The number of nitrogens with one attached hydrogen (secondary N) is 1. The van der Waals surface area contributed by atoms with Crippen molar-refractivity contribution >= 4 is 5.91 Å². The van der Waals surface area contributed by atoms with Gasteiger partial charge in [-0.25, -0.2) is 0 Å². The second kappa shape index (κ2) is 6.61. The molecule has 2 N–H and O–H groups in total. The SMILES string of the molecule is CC(C)CC(=O)NCCC(O)c1ccc2c(c1)OCO2. The van der Waals surface area contributed by atoms with Gasteiger partial charge in [-0.1, -0.05) is 19.9 Å². The standard InChI is InChI=1S/C15H21NO4/c1-10(2)7-15(18)16-6-5-12(17)11-3-4-13-14(8-11)20-9-19-13/h3-4,8,10,12,17H,5-7,9H2,1-2H3,(H,16,18). The van der Waals surface area contributed by atoms with Gasteiger partial charge in [0.05, 0.1) is 6.10 Å². The van der Waals surface area contributed by atoms with Crippen LogP contribution in [0, 0.1) is 5.92 Å². The smallest absolute Gasteiger partial charge is 0.231 e. The number of ether oxygens (including phenoxy) is 2. The molecule has 1 unspecified atom stereocenters. The molecule has 2 rings (SSSR count). The molecule has 1 aliphatic heterocycles. The van der Waals surface area contributed by atoms with Crippen LogP contribution in [0.15, 0.2) is 18.2 Å². The molecule has 0 bridgehead atoms. The first-order valence-electron chi connectivity index (χ1n) is 6.90. The van der Waals surface area contributed by atoms with Crippen molar-refractivity contribution in [3.8, 4) is 11.5 Å². The molecular weight excluding hydrogens is 258 g/mol. The van der Waals surface area contributed by atoms with E-state index >= 15 is 0 Å². The number of carbonyl (C=O) groups is 1. The van der Waals surface area contributed by atoms with E-state index in [-0.39, 0.29) is 12.7 Å². The Kier molecular flexibility index (Phi) is 4.84. The number of aliphatic hydroxyl groups is 1. The maximum atomic E-state index is 11.5. The average molecular weight is 279 g/mol. The normalized spacial score (nSPS) is 14.4. The Morgan fingerprint density at radius 3 is 2.85 bits per heavy atom. The van der Waals surface area contributed by atoms with E-state index in [0.29, 0.717) is 36.8 Å². The predicted molar refractivity (Wildman–Crippen MR) is 74.6 cm³/mol. The minimum Gasteiger partial charge on any atom is -0.454 e. The van der Waals surface area contributed by atoms with Gasteiger partial charge < -0.3 is 19.9 Å². The molecule has 5 nitrogen and oxygen atoms in total. The lowest BCUT2D eigenvalue weighted by Crippen LogP contribution is -2.26. The van der Waals surface area contributed by atoms with Gasteiger partial charge in [0.15, 0.2) is 11.5 Å². The van der Waals surface area contributed by atoms with Crippen LogP contribution in [0.2, 0.25) is 0 Å². The first-order chi connectivity index (χ1) is 9.56. The maximum Gasteiger partial charge on any atom is 0.231 e.